The van der Waals surface area contributed by atoms with Crippen LogP contribution in [0.25, 0.3) is 0 Å². The Morgan fingerprint density at radius 3 is 2.58 bits per heavy atom. The zero-order valence-corrected chi connectivity index (χ0v) is 13.7. The summed E-state index contributed by atoms with van der Waals surface area (Å²) in [4.78, 5) is 23.1. The standard InChI is InChI=1S/C15H19FN2O5S/c16-9-13(15(20)21)17-14(19)11-5-4-8-18(10-11)24(22,23)12-6-2-1-3-7-12/h1-3,6-7,11,13H,4-5,8-10H2,(H,17,19)(H,20,21). The number of rotatable bonds is 6. The van der Waals surface area contributed by atoms with Crippen LogP contribution in [-0.4, -0.2) is 55.5 Å². The van der Waals surface area contributed by atoms with Gasteiger partial charge in [0.05, 0.1) is 10.8 Å². The highest BCUT2D eigenvalue weighted by Crippen LogP contribution is 2.23. The van der Waals surface area contributed by atoms with Crippen LogP contribution < -0.4 is 5.32 Å². The average Bonchev–Trinajstić information content (AvgIpc) is 2.60. The molecule has 2 N–H and O–H groups in total. The molecule has 1 aromatic carbocycles. The van der Waals surface area contributed by atoms with E-state index < -0.39 is 40.5 Å². The third-order valence-electron chi connectivity index (χ3n) is 3.90. The summed E-state index contributed by atoms with van der Waals surface area (Å²) in [6, 6.07) is 6.26. The van der Waals surface area contributed by atoms with Crippen LogP contribution in [0.4, 0.5) is 4.39 Å². The van der Waals surface area contributed by atoms with Crippen molar-refractivity contribution in [3.8, 4) is 0 Å². The molecule has 1 aromatic rings. The van der Waals surface area contributed by atoms with Crippen LogP contribution in [0.5, 0.6) is 0 Å². The Bertz CT molecular complexity index is 695. The number of piperidine rings is 1. The second-order valence-electron chi connectivity index (χ2n) is 5.57. The van der Waals surface area contributed by atoms with E-state index in [-0.39, 0.29) is 18.0 Å². The molecule has 2 rings (SSSR count). The lowest BCUT2D eigenvalue weighted by atomic mass is 9.98. The van der Waals surface area contributed by atoms with Crippen LogP contribution in [0.1, 0.15) is 12.8 Å². The minimum absolute atomic E-state index is 0.0539. The number of hydrogen-bond acceptors (Lipinski definition) is 4. The molecule has 0 saturated carbocycles. The van der Waals surface area contributed by atoms with Crippen LogP contribution in [0, 0.1) is 5.92 Å². The third-order valence-corrected chi connectivity index (χ3v) is 5.78. The number of alkyl halides is 1. The Labute approximate surface area is 139 Å². The van der Waals surface area contributed by atoms with Crippen LogP contribution >= 0.6 is 0 Å². The lowest BCUT2D eigenvalue weighted by Crippen LogP contribution is -2.50. The molecule has 24 heavy (non-hydrogen) atoms. The quantitative estimate of drug-likeness (QED) is 0.776. The molecule has 1 amide bonds. The van der Waals surface area contributed by atoms with Gasteiger partial charge >= 0.3 is 5.97 Å². The van der Waals surface area contributed by atoms with Crippen molar-refractivity contribution in [1.82, 2.24) is 9.62 Å². The minimum atomic E-state index is -3.72. The van der Waals surface area contributed by atoms with Gasteiger partial charge in [0.1, 0.15) is 6.67 Å². The molecule has 132 valence electrons. The fourth-order valence-electron chi connectivity index (χ4n) is 2.57. The number of carbonyl (C=O) groups excluding carboxylic acids is 1. The number of amides is 1. The molecule has 1 aliphatic rings. The maximum atomic E-state index is 12.6. The number of benzene rings is 1. The van der Waals surface area contributed by atoms with Crippen molar-refractivity contribution < 1.29 is 27.5 Å². The first-order chi connectivity index (χ1) is 11.4. The number of hydrogen-bond donors (Lipinski definition) is 2. The molecule has 1 aliphatic heterocycles. The van der Waals surface area contributed by atoms with Gasteiger partial charge in [0.2, 0.25) is 15.9 Å². The topological polar surface area (TPSA) is 104 Å². The Balaban J connectivity index is 2.09. The lowest BCUT2D eigenvalue weighted by Gasteiger charge is -2.31. The average molecular weight is 358 g/mol. The predicted molar refractivity (Wildman–Crippen MR) is 83.5 cm³/mol. The highest BCUT2D eigenvalue weighted by molar-refractivity contribution is 7.89. The van der Waals surface area contributed by atoms with Crippen LogP contribution in [0.3, 0.4) is 0 Å². The Morgan fingerprint density at radius 1 is 1.33 bits per heavy atom. The molecule has 0 spiro atoms. The van der Waals surface area contributed by atoms with Crippen LogP contribution in [0.15, 0.2) is 35.2 Å². The highest BCUT2D eigenvalue weighted by atomic mass is 32.2. The second-order valence-corrected chi connectivity index (χ2v) is 7.51. The van der Waals surface area contributed by atoms with E-state index in [4.69, 9.17) is 5.11 Å². The number of carboxylic acids is 1. The minimum Gasteiger partial charge on any atom is -0.480 e. The Hall–Kier alpha value is -2.00. The molecule has 0 aliphatic carbocycles. The van der Waals surface area contributed by atoms with Crippen molar-refractivity contribution in [3.05, 3.63) is 30.3 Å². The van der Waals surface area contributed by atoms with E-state index in [1.54, 1.807) is 18.2 Å². The second kappa shape index (κ2) is 7.71. The molecular formula is C15H19FN2O5S. The normalized spacial score (nSPS) is 20.3. The van der Waals surface area contributed by atoms with Crippen molar-refractivity contribution in [2.24, 2.45) is 5.92 Å². The molecule has 0 aromatic heterocycles. The number of halogens is 1. The zero-order valence-electron chi connectivity index (χ0n) is 12.9. The molecule has 1 saturated heterocycles. The molecule has 7 nitrogen and oxygen atoms in total. The number of nitrogens with one attached hydrogen (secondary N) is 1. The van der Waals surface area contributed by atoms with Crippen molar-refractivity contribution in [2.45, 2.75) is 23.8 Å². The molecule has 1 heterocycles. The molecule has 0 radical (unpaired) electrons. The fraction of sp³-hybridized carbons (Fsp3) is 0.467. The van der Waals surface area contributed by atoms with Gasteiger partial charge in [-0.1, -0.05) is 18.2 Å². The maximum absolute atomic E-state index is 12.6. The van der Waals surface area contributed by atoms with Gasteiger partial charge in [0.15, 0.2) is 6.04 Å². The largest absolute Gasteiger partial charge is 0.480 e. The van der Waals surface area contributed by atoms with Gasteiger partial charge in [0, 0.05) is 13.1 Å². The maximum Gasteiger partial charge on any atom is 0.328 e. The summed E-state index contributed by atoms with van der Waals surface area (Å²) in [7, 11) is -3.72. The summed E-state index contributed by atoms with van der Waals surface area (Å²) in [6.45, 7) is -0.992. The SMILES string of the molecule is O=C(NC(CF)C(=O)O)C1CCCN(S(=O)(=O)c2ccccc2)C1. The summed E-state index contributed by atoms with van der Waals surface area (Å²) < 4.78 is 39.0. The van der Waals surface area contributed by atoms with Crippen molar-refractivity contribution in [3.63, 3.8) is 0 Å². The van der Waals surface area contributed by atoms with Gasteiger partial charge in [-0.3, -0.25) is 4.79 Å². The van der Waals surface area contributed by atoms with E-state index in [2.05, 4.69) is 5.32 Å². The summed E-state index contributed by atoms with van der Waals surface area (Å²) in [5.74, 6) is -2.81. The smallest absolute Gasteiger partial charge is 0.328 e. The molecule has 2 atom stereocenters. The monoisotopic (exact) mass is 358 g/mol. The van der Waals surface area contributed by atoms with E-state index in [1.807, 2.05) is 0 Å². The lowest BCUT2D eigenvalue weighted by molar-refractivity contribution is -0.143. The number of carboxylic acid groups (broad SMARTS) is 1. The van der Waals surface area contributed by atoms with Crippen LogP contribution in [-0.2, 0) is 19.6 Å². The first-order valence-corrected chi connectivity index (χ1v) is 8.94. The molecule has 1 fully saturated rings. The number of aliphatic carboxylic acids is 1. The summed E-state index contributed by atoms with van der Waals surface area (Å²) >= 11 is 0. The number of nitrogens with zero attached hydrogens (tertiary/aromatic N) is 1. The highest BCUT2D eigenvalue weighted by Gasteiger charge is 2.34. The van der Waals surface area contributed by atoms with Crippen LogP contribution in [0.2, 0.25) is 0 Å². The number of sulfonamides is 1. The van der Waals surface area contributed by atoms with Gasteiger partial charge in [-0.2, -0.15) is 4.31 Å². The van der Waals surface area contributed by atoms with E-state index in [0.29, 0.717) is 12.8 Å². The fourth-order valence-corrected chi connectivity index (χ4v) is 4.12. The van der Waals surface area contributed by atoms with Gasteiger partial charge in [-0.15, -0.1) is 0 Å². The molecular weight excluding hydrogens is 339 g/mol. The van der Waals surface area contributed by atoms with Gasteiger partial charge in [-0.05, 0) is 25.0 Å². The zero-order chi connectivity index (χ0) is 17.7. The third kappa shape index (κ3) is 4.09. The van der Waals surface area contributed by atoms with E-state index >= 15 is 0 Å². The Kier molecular flexibility index (Phi) is 5.89. The first-order valence-electron chi connectivity index (χ1n) is 7.50. The molecule has 0 bridgehead atoms. The van der Waals surface area contributed by atoms with Crippen molar-refractivity contribution >= 4 is 21.9 Å². The molecule has 2 unspecified atom stereocenters. The first kappa shape index (κ1) is 18.3. The Morgan fingerprint density at radius 2 is 2.00 bits per heavy atom. The van der Waals surface area contributed by atoms with E-state index in [9.17, 15) is 22.4 Å². The van der Waals surface area contributed by atoms with Gasteiger partial charge in [-0.25, -0.2) is 17.6 Å². The van der Waals surface area contributed by atoms with E-state index in [1.165, 1.54) is 16.4 Å². The number of carbonyl (C=O) groups is 2. The van der Waals surface area contributed by atoms with Crippen molar-refractivity contribution in [1.29, 1.82) is 0 Å². The summed E-state index contributed by atoms with van der Waals surface area (Å²) in [5, 5.41) is 10.9. The summed E-state index contributed by atoms with van der Waals surface area (Å²) in [6.07, 6.45) is 0.892. The van der Waals surface area contributed by atoms with Gasteiger partial charge < -0.3 is 10.4 Å². The van der Waals surface area contributed by atoms with Gasteiger partial charge in [0.25, 0.3) is 0 Å². The summed E-state index contributed by atoms with van der Waals surface area (Å²) in [5.41, 5.74) is 0. The van der Waals surface area contributed by atoms with Crippen molar-refractivity contribution in [2.75, 3.05) is 19.8 Å². The molecule has 9 heteroatoms. The predicted octanol–water partition coefficient (Wildman–Crippen LogP) is 0.626. The van der Waals surface area contributed by atoms with E-state index in [0.717, 1.165) is 0 Å².